The van der Waals surface area contributed by atoms with Gasteiger partial charge in [0.1, 0.15) is 18.2 Å². The first-order chi connectivity index (χ1) is 8.74. The first kappa shape index (κ1) is 11.2. The lowest BCUT2D eigenvalue weighted by Gasteiger charge is -2.30. The highest BCUT2D eigenvalue weighted by Gasteiger charge is 2.41. The number of piperidine rings is 1. The minimum Gasteiger partial charge on any atom is -0.351 e. The minimum atomic E-state index is -0.258. The summed E-state index contributed by atoms with van der Waals surface area (Å²) in [6, 6.07) is 0.00630. The van der Waals surface area contributed by atoms with Crippen molar-refractivity contribution >= 4 is 11.8 Å². The van der Waals surface area contributed by atoms with Gasteiger partial charge < -0.3 is 10.2 Å². The summed E-state index contributed by atoms with van der Waals surface area (Å²) in [5, 5.41) is 9.37. The van der Waals surface area contributed by atoms with Crippen LogP contribution in [-0.2, 0) is 16.0 Å². The molecule has 0 radical (unpaired) electrons. The highest BCUT2D eigenvalue weighted by Crippen LogP contribution is 2.24. The fraction of sp³-hybridized carbons (Fsp3) is 0.636. The zero-order valence-corrected chi connectivity index (χ0v) is 9.93. The fourth-order valence-corrected chi connectivity index (χ4v) is 2.66. The van der Waals surface area contributed by atoms with Crippen LogP contribution in [0.1, 0.15) is 25.1 Å². The first-order valence-electron chi connectivity index (χ1n) is 6.18. The van der Waals surface area contributed by atoms with E-state index in [9.17, 15) is 9.59 Å². The number of amides is 2. The second-order valence-electron chi connectivity index (χ2n) is 4.76. The van der Waals surface area contributed by atoms with Gasteiger partial charge in [-0.1, -0.05) is 0 Å². The van der Waals surface area contributed by atoms with E-state index in [0.717, 1.165) is 12.8 Å². The molecule has 18 heavy (non-hydrogen) atoms. The van der Waals surface area contributed by atoms with Gasteiger partial charge in [-0.05, 0) is 12.8 Å². The van der Waals surface area contributed by atoms with Crippen molar-refractivity contribution in [2.24, 2.45) is 0 Å². The third kappa shape index (κ3) is 1.96. The van der Waals surface area contributed by atoms with Crippen molar-refractivity contribution < 1.29 is 9.59 Å². The quantitative estimate of drug-likeness (QED) is 0.735. The van der Waals surface area contributed by atoms with Gasteiger partial charge in [0.2, 0.25) is 11.8 Å². The number of nitrogens with one attached hydrogen (secondary N) is 2. The highest BCUT2D eigenvalue weighted by molar-refractivity contribution is 5.90. The molecule has 2 fully saturated rings. The summed E-state index contributed by atoms with van der Waals surface area (Å²) in [4.78, 5) is 29.5. The Bertz CT molecular complexity index is 458. The molecule has 2 amide bonds. The molecule has 7 heteroatoms. The van der Waals surface area contributed by atoms with Crippen LogP contribution in [-0.4, -0.2) is 50.5 Å². The largest absolute Gasteiger partial charge is 0.351 e. The van der Waals surface area contributed by atoms with Gasteiger partial charge in [-0.2, -0.15) is 5.10 Å². The number of aryl methyl sites for hydroxylation is 1. The molecule has 2 saturated heterocycles. The molecule has 3 heterocycles. The molecular weight excluding hydrogens is 234 g/mol. The Hall–Kier alpha value is -1.92. The molecule has 1 aromatic rings. The van der Waals surface area contributed by atoms with Crippen molar-refractivity contribution in [3.8, 4) is 0 Å². The first-order valence-corrected chi connectivity index (χ1v) is 6.18. The van der Waals surface area contributed by atoms with Crippen molar-refractivity contribution in [2.75, 3.05) is 6.54 Å². The van der Waals surface area contributed by atoms with E-state index in [0.29, 0.717) is 25.2 Å². The average molecular weight is 249 g/mol. The predicted molar refractivity (Wildman–Crippen MR) is 61.4 cm³/mol. The van der Waals surface area contributed by atoms with Gasteiger partial charge in [-0.3, -0.25) is 14.7 Å². The molecule has 1 aromatic heterocycles. The Labute approximate surface area is 104 Å². The maximum Gasteiger partial charge on any atom is 0.243 e. The highest BCUT2D eigenvalue weighted by atomic mass is 16.2. The predicted octanol–water partition coefficient (Wildman–Crippen LogP) is -0.773. The number of hydrogen-bond acceptors (Lipinski definition) is 4. The molecule has 7 nitrogen and oxygen atoms in total. The molecule has 2 atom stereocenters. The van der Waals surface area contributed by atoms with Crippen molar-refractivity contribution in [3.05, 3.63) is 12.2 Å². The van der Waals surface area contributed by atoms with Crippen LogP contribution >= 0.6 is 0 Å². The second kappa shape index (κ2) is 4.40. The number of likely N-dealkylation sites (tertiary alicyclic amines) is 1. The molecule has 2 N–H and O–H groups in total. The molecule has 3 rings (SSSR count). The maximum absolute atomic E-state index is 12.1. The molecule has 0 saturated carbocycles. The molecule has 0 aliphatic carbocycles. The van der Waals surface area contributed by atoms with E-state index in [1.807, 2.05) is 0 Å². The summed E-state index contributed by atoms with van der Waals surface area (Å²) in [6.45, 7) is 0.670. The van der Waals surface area contributed by atoms with E-state index in [1.54, 1.807) is 4.90 Å². The van der Waals surface area contributed by atoms with Gasteiger partial charge in [0, 0.05) is 25.4 Å². The fourth-order valence-electron chi connectivity index (χ4n) is 2.66. The number of fused-ring (bicyclic) bond motifs is 2. The SMILES string of the molecule is O=C1NC2CCN(C(=O)CCc3ncn[nH]3)C1C2. The van der Waals surface area contributed by atoms with Crippen LogP contribution in [0.3, 0.4) is 0 Å². The zero-order chi connectivity index (χ0) is 12.5. The lowest BCUT2D eigenvalue weighted by atomic mass is 10.0. The average Bonchev–Trinajstić information content (AvgIpc) is 2.97. The Balaban J connectivity index is 1.60. The van der Waals surface area contributed by atoms with Crippen molar-refractivity contribution in [2.45, 2.75) is 37.8 Å². The van der Waals surface area contributed by atoms with Gasteiger partial charge in [-0.15, -0.1) is 0 Å². The summed E-state index contributed by atoms with van der Waals surface area (Å²) in [5.74, 6) is 0.714. The minimum absolute atomic E-state index is 0.00878. The molecule has 2 bridgehead atoms. The van der Waals surface area contributed by atoms with Gasteiger partial charge >= 0.3 is 0 Å². The lowest BCUT2D eigenvalue weighted by Crippen LogP contribution is -2.46. The standard InChI is InChI=1S/C11H15N5O2/c17-10(2-1-9-12-6-13-15-9)16-4-3-7-5-8(16)11(18)14-7/h6-8H,1-5H2,(H,14,18)(H,12,13,15). The molecule has 96 valence electrons. The van der Waals surface area contributed by atoms with Gasteiger partial charge in [-0.25, -0.2) is 4.98 Å². The van der Waals surface area contributed by atoms with E-state index >= 15 is 0 Å². The van der Waals surface area contributed by atoms with Crippen LogP contribution in [0.5, 0.6) is 0 Å². The van der Waals surface area contributed by atoms with Crippen LogP contribution in [0.15, 0.2) is 6.33 Å². The number of H-pyrrole nitrogens is 1. The molecule has 2 aliphatic heterocycles. The van der Waals surface area contributed by atoms with E-state index in [-0.39, 0.29) is 23.9 Å². The van der Waals surface area contributed by atoms with Gasteiger partial charge in [0.15, 0.2) is 0 Å². The van der Waals surface area contributed by atoms with Crippen LogP contribution in [0.25, 0.3) is 0 Å². The number of hydrogen-bond donors (Lipinski definition) is 2. The summed E-state index contributed by atoms with van der Waals surface area (Å²) in [7, 11) is 0. The maximum atomic E-state index is 12.1. The Kier molecular flexibility index (Phi) is 2.73. The number of carbonyl (C=O) groups excluding carboxylic acids is 2. The van der Waals surface area contributed by atoms with Crippen LogP contribution in [0.4, 0.5) is 0 Å². The van der Waals surface area contributed by atoms with Crippen LogP contribution < -0.4 is 5.32 Å². The van der Waals surface area contributed by atoms with Crippen LogP contribution in [0.2, 0.25) is 0 Å². The summed E-state index contributed by atoms with van der Waals surface area (Å²) in [5.41, 5.74) is 0. The lowest BCUT2D eigenvalue weighted by molar-refractivity contribution is -0.139. The molecule has 2 unspecified atom stereocenters. The Morgan fingerprint density at radius 2 is 2.44 bits per heavy atom. The van der Waals surface area contributed by atoms with E-state index < -0.39 is 0 Å². The molecule has 0 spiro atoms. The van der Waals surface area contributed by atoms with E-state index in [2.05, 4.69) is 20.5 Å². The number of aromatic amines is 1. The molecule has 2 aliphatic rings. The Morgan fingerprint density at radius 1 is 1.56 bits per heavy atom. The van der Waals surface area contributed by atoms with Gasteiger partial charge in [0.25, 0.3) is 0 Å². The number of carbonyl (C=O) groups is 2. The van der Waals surface area contributed by atoms with E-state index in [4.69, 9.17) is 0 Å². The van der Waals surface area contributed by atoms with Crippen molar-refractivity contribution in [3.63, 3.8) is 0 Å². The van der Waals surface area contributed by atoms with Crippen molar-refractivity contribution in [1.82, 2.24) is 25.4 Å². The zero-order valence-electron chi connectivity index (χ0n) is 9.93. The summed E-state index contributed by atoms with van der Waals surface area (Å²) in [6.07, 6.45) is 3.94. The number of aromatic nitrogens is 3. The van der Waals surface area contributed by atoms with Crippen LogP contribution in [0, 0.1) is 0 Å². The Morgan fingerprint density at radius 3 is 3.22 bits per heavy atom. The number of nitrogens with zero attached hydrogens (tertiary/aromatic N) is 3. The number of rotatable bonds is 3. The second-order valence-corrected chi connectivity index (χ2v) is 4.76. The normalized spacial score (nSPS) is 26.2. The molecule has 0 aromatic carbocycles. The summed E-state index contributed by atoms with van der Waals surface area (Å²) < 4.78 is 0. The smallest absolute Gasteiger partial charge is 0.243 e. The summed E-state index contributed by atoms with van der Waals surface area (Å²) >= 11 is 0. The van der Waals surface area contributed by atoms with E-state index in [1.165, 1.54) is 6.33 Å². The monoisotopic (exact) mass is 249 g/mol. The topological polar surface area (TPSA) is 91.0 Å². The third-order valence-corrected chi connectivity index (χ3v) is 3.61. The molecular formula is C11H15N5O2. The third-order valence-electron chi connectivity index (χ3n) is 3.61. The van der Waals surface area contributed by atoms with Crippen molar-refractivity contribution in [1.29, 1.82) is 0 Å². The van der Waals surface area contributed by atoms with Gasteiger partial charge in [0.05, 0.1) is 0 Å².